The molecule has 3 N–H and O–H groups in total. The van der Waals surface area contributed by atoms with E-state index in [0.29, 0.717) is 11.3 Å². The number of hydrogen-bond donors (Lipinski definition) is 3. The Hall–Kier alpha value is -2.61. The van der Waals surface area contributed by atoms with Crippen LogP contribution in [0.4, 0.5) is 11.7 Å². The van der Waals surface area contributed by atoms with Crippen molar-refractivity contribution >= 4 is 17.6 Å². The highest BCUT2D eigenvalue weighted by atomic mass is 16.4. The van der Waals surface area contributed by atoms with Gasteiger partial charge in [-0.25, -0.2) is 5.43 Å². The number of piperidine rings is 1. The van der Waals surface area contributed by atoms with Gasteiger partial charge in [-0.15, -0.1) is 5.10 Å². The van der Waals surface area contributed by atoms with E-state index in [-0.39, 0.29) is 18.5 Å². The Balaban J connectivity index is 1.21. The van der Waals surface area contributed by atoms with Gasteiger partial charge in [0.1, 0.15) is 0 Å². The molecule has 3 heterocycles. The molecule has 1 aromatic carbocycles. The predicted molar refractivity (Wildman–Crippen MR) is 96.2 cm³/mol. The van der Waals surface area contributed by atoms with E-state index in [1.165, 1.54) is 12.8 Å². The summed E-state index contributed by atoms with van der Waals surface area (Å²) in [5.41, 5.74) is 9.75. The molecule has 136 valence electrons. The van der Waals surface area contributed by atoms with Gasteiger partial charge in [0.2, 0.25) is 5.91 Å². The zero-order chi connectivity index (χ0) is 17.6. The first-order chi connectivity index (χ1) is 12.7. The lowest BCUT2D eigenvalue weighted by Crippen LogP contribution is -2.41. The number of aromatic nitrogens is 2. The molecule has 0 radical (unpaired) electrons. The lowest BCUT2D eigenvalue weighted by Gasteiger charge is -2.32. The van der Waals surface area contributed by atoms with Crippen LogP contribution in [0.3, 0.4) is 0 Å². The molecule has 1 aliphatic carbocycles. The summed E-state index contributed by atoms with van der Waals surface area (Å²) in [6.07, 6.45) is 4.96. The van der Waals surface area contributed by atoms with Gasteiger partial charge in [0.25, 0.3) is 5.89 Å². The summed E-state index contributed by atoms with van der Waals surface area (Å²) in [4.78, 5) is 14.3. The Bertz CT molecular complexity index is 834. The van der Waals surface area contributed by atoms with E-state index in [1.807, 2.05) is 23.1 Å². The van der Waals surface area contributed by atoms with Gasteiger partial charge in [0.15, 0.2) is 0 Å². The lowest BCUT2D eigenvalue weighted by atomic mass is 9.94. The third-order valence-corrected chi connectivity index (χ3v) is 5.82. The lowest BCUT2D eigenvalue weighted by molar-refractivity contribution is -0.130. The zero-order valence-electron chi connectivity index (χ0n) is 14.5. The number of likely N-dealkylation sites (tertiary alicyclic amines) is 1. The second kappa shape index (κ2) is 5.98. The summed E-state index contributed by atoms with van der Waals surface area (Å²) in [5.74, 6) is 0.522. The molecule has 0 bridgehead atoms. The Kier molecular flexibility index (Phi) is 3.59. The summed E-state index contributed by atoms with van der Waals surface area (Å²) in [7, 11) is 0. The van der Waals surface area contributed by atoms with Crippen LogP contribution in [0.15, 0.2) is 22.6 Å². The molecule has 1 amide bonds. The highest BCUT2D eigenvalue weighted by Crippen LogP contribution is 2.53. The number of hydrazine groups is 1. The number of carbonyl (C=O) groups is 1. The van der Waals surface area contributed by atoms with E-state index in [2.05, 4.69) is 26.4 Å². The van der Waals surface area contributed by atoms with Crippen molar-refractivity contribution in [3.8, 4) is 11.5 Å². The molecule has 2 fully saturated rings. The summed E-state index contributed by atoms with van der Waals surface area (Å²) in [6.45, 7) is 2.67. The van der Waals surface area contributed by atoms with Crippen LogP contribution in [0.25, 0.3) is 11.5 Å². The van der Waals surface area contributed by atoms with Crippen LogP contribution in [-0.4, -0.2) is 40.6 Å². The van der Waals surface area contributed by atoms with E-state index >= 15 is 0 Å². The second-order valence-electron chi connectivity index (χ2n) is 7.46. The zero-order valence-corrected chi connectivity index (χ0v) is 14.5. The molecule has 1 aromatic heterocycles. The minimum absolute atomic E-state index is 0.0896. The number of para-hydroxylation sites is 1. The standard InChI is InChI=1S/C18H22N6O2/c25-14(24-8-6-18(4-5-18)7-9-24)11-19-17-23-22-16(26-17)13-3-1-2-12-10-20-21-15(12)13/h1-3,20-21H,4-11H2,(H,19,23). The molecular weight excluding hydrogens is 332 g/mol. The van der Waals surface area contributed by atoms with Crippen molar-refractivity contribution in [2.24, 2.45) is 5.41 Å². The molecule has 0 atom stereocenters. The van der Waals surface area contributed by atoms with Crippen molar-refractivity contribution in [2.75, 3.05) is 30.4 Å². The molecule has 3 aliphatic rings. The summed E-state index contributed by atoms with van der Waals surface area (Å²) in [6, 6.07) is 6.22. The maximum Gasteiger partial charge on any atom is 0.316 e. The van der Waals surface area contributed by atoms with Crippen LogP contribution in [0.1, 0.15) is 31.2 Å². The molecule has 1 spiro atoms. The highest BCUT2D eigenvalue weighted by molar-refractivity contribution is 5.80. The monoisotopic (exact) mass is 354 g/mol. The number of hydrogen-bond acceptors (Lipinski definition) is 7. The first-order valence-electron chi connectivity index (χ1n) is 9.19. The minimum atomic E-state index is 0.0896. The SMILES string of the molecule is O=C(CNc1nnc(-c2cccc3c2NNC3)o1)N1CCC2(CC1)CC2. The van der Waals surface area contributed by atoms with E-state index in [1.54, 1.807) is 0 Å². The smallest absolute Gasteiger partial charge is 0.316 e. The van der Waals surface area contributed by atoms with Crippen LogP contribution >= 0.6 is 0 Å². The van der Waals surface area contributed by atoms with Gasteiger partial charge in [-0.3, -0.25) is 4.79 Å². The van der Waals surface area contributed by atoms with Crippen molar-refractivity contribution in [3.63, 3.8) is 0 Å². The maximum absolute atomic E-state index is 12.4. The molecule has 1 saturated carbocycles. The number of anilines is 2. The fourth-order valence-electron chi connectivity index (χ4n) is 3.87. The van der Waals surface area contributed by atoms with E-state index < -0.39 is 0 Å². The quantitative estimate of drug-likeness (QED) is 0.773. The van der Waals surface area contributed by atoms with Crippen LogP contribution in [0.2, 0.25) is 0 Å². The average molecular weight is 354 g/mol. The van der Waals surface area contributed by atoms with Crippen molar-refractivity contribution in [2.45, 2.75) is 32.2 Å². The summed E-state index contributed by atoms with van der Waals surface area (Å²) >= 11 is 0. The molecule has 5 rings (SSSR count). The number of amides is 1. The van der Waals surface area contributed by atoms with E-state index in [0.717, 1.165) is 49.3 Å². The molecule has 26 heavy (non-hydrogen) atoms. The van der Waals surface area contributed by atoms with Crippen molar-refractivity contribution in [1.82, 2.24) is 20.5 Å². The predicted octanol–water partition coefficient (Wildman–Crippen LogP) is 1.98. The van der Waals surface area contributed by atoms with Crippen molar-refractivity contribution < 1.29 is 9.21 Å². The molecule has 1 saturated heterocycles. The van der Waals surface area contributed by atoms with E-state index in [9.17, 15) is 4.79 Å². The Labute approximate surface area is 151 Å². The van der Waals surface area contributed by atoms with Gasteiger partial charge in [0.05, 0.1) is 17.8 Å². The third kappa shape index (κ3) is 2.80. The molecular formula is C18H22N6O2. The first kappa shape index (κ1) is 15.6. The Morgan fingerprint density at radius 3 is 2.88 bits per heavy atom. The van der Waals surface area contributed by atoms with Crippen molar-refractivity contribution in [1.29, 1.82) is 0 Å². The van der Waals surface area contributed by atoms with Gasteiger partial charge in [-0.1, -0.05) is 17.2 Å². The number of fused-ring (bicyclic) bond motifs is 1. The number of benzene rings is 1. The van der Waals surface area contributed by atoms with Crippen LogP contribution < -0.4 is 16.2 Å². The molecule has 0 unspecified atom stereocenters. The average Bonchev–Trinajstić information content (AvgIpc) is 3.09. The number of rotatable bonds is 4. The second-order valence-corrected chi connectivity index (χ2v) is 7.46. The Morgan fingerprint density at radius 2 is 2.08 bits per heavy atom. The van der Waals surface area contributed by atoms with Crippen LogP contribution in [-0.2, 0) is 11.3 Å². The third-order valence-electron chi connectivity index (χ3n) is 5.82. The fraction of sp³-hybridized carbons (Fsp3) is 0.500. The van der Waals surface area contributed by atoms with Crippen molar-refractivity contribution in [3.05, 3.63) is 23.8 Å². The van der Waals surface area contributed by atoms with Gasteiger partial charge in [0, 0.05) is 19.6 Å². The minimum Gasteiger partial charge on any atom is -0.403 e. The number of nitrogens with zero attached hydrogens (tertiary/aromatic N) is 3. The van der Waals surface area contributed by atoms with Gasteiger partial charge >= 0.3 is 6.01 Å². The van der Waals surface area contributed by atoms with Gasteiger partial charge < -0.3 is 20.1 Å². The fourth-order valence-corrected chi connectivity index (χ4v) is 3.87. The summed E-state index contributed by atoms with van der Waals surface area (Å²) < 4.78 is 5.70. The Morgan fingerprint density at radius 1 is 1.23 bits per heavy atom. The highest BCUT2D eigenvalue weighted by Gasteiger charge is 2.44. The maximum atomic E-state index is 12.4. The van der Waals surface area contributed by atoms with Crippen LogP contribution in [0.5, 0.6) is 0 Å². The summed E-state index contributed by atoms with van der Waals surface area (Å²) in [5, 5.41) is 11.1. The molecule has 2 aromatic rings. The molecule has 8 nitrogen and oxygen atoms in total. The molecule has 8 heteroatoms. The number of carbonyl (C=O) groups excluding carboxylic acids is 1. The molecule has 2 aliphatic heterocycles. The van der Waals surface area contributed by atoms with Gasteiger partial charge in [-0.05, 0) is 42.7 Å². The number of nitrogens with one attached hydrogen (secondary N) is 3. The topological polar surface area (TPSA) is 95.3 Å². The largest absolute Gasteiger partial charge is 0.403 e. The normalized spacial score (nSPS) is 19.9. The van der Waals surface area contributed by atoms with E-state index in [4.69, 9.17) is 4.42 Å². The van der Waals surface area contributed by atoms with Gasteiger partial charge in [-0.2, -0.15) is 0 Å². The van der Waals surface area contributed by atoms with Crippen LogP contribution in [0, 0.1) is 5.41 Å². The first-order valence-corrected chi connectivity index (χ1v) is 9.19.